The lowest BCUT2D eigenvalue weighted by Gasteiger charge is -2.33. The van der Waals surface area contributed by atoms with E-state index in [2.05, 4.69) is 10.6 Å². The highest BCUT2D eigenvalue weighted by Crippen LogP contribution is 2.40. The number of methoxy groups -OCH3 is 1. The molecule has 1 aromatic carbocycles. The number of urea groups is 1. The van der Waals surface area contributed by atoms with Crippen LogP contribution in [0, 0.1) is 0 Å². The van der Waals surface area contributed by atoms with Crippen LogP contribution in [0.15, 0.2) is 24.3 Å². The van der Waals surface area contributed by atoms with Gasteiger partial charge in [0.05, 0.1) is 13.2 Å². The topological polar surface area (TPSA) is 123 Å². The largest absolute Gasteiger partial charge is 0.493 e. The number of rotatable bonds is 7. The van der Waals surface area contributed by atoms with Crippen molar-refractivity contribution < 1.29 is 33.4 Å². The summed E-state index contributed by atoms with van der Waals surface area (Å²) in [5, 5.41) is 5.18. The van der Waals surface area contributed by atoms with Crippen LogP contribution in [0.5, 0.6) is 5.75 Å². The van der Waals surface area contributed by atoms with Crippen LogP contribution < -0.4 is 15.4 Å². The summed E-state index contributed by atoms with van der Waals surface area (Å²) in [4.78, 5) is 49.7. The van der Waals surface area contributed by atoms with E-state index in [4.69, 9.17) is 14.2 Å². The average molecular weight is 391 g/mol. The van der Waals surface area contributed by atoms with E-state index in [1.165, 1.54) is 7.11 Å². The minimum absolute atomic E-state index is 0.252. The van der Waals surface area contributed by atoms with E-state index in [0.717, 1.165) is 4.90 Å². The molecule has 1 spiro atoms. The van der Waals surface area contributed by atoms with Crippen molar-refractivity contribution in [3.8, 4) is 5.75 Å². The van der Waals surface area contributed by atoms with Gasteiger partial charge in [-0.1, -0.05) is 18.2 Å². The molecule has 2 aliphatic heterocycles. The highest BCUT2D eigenvalue weighted by Gasteiger charge is 2.55. The molecule has 0 aliphatic carbocycles. The second kappa shape index (κ2) is 8.26. The number of nitrogens with zero attached hydrogens (tertiary/aromatic N) is 1. The Morgan fingerprint density at radius 2 is 2.11 bits per heavy atom. The Balaban J connectivity index is 1.62. The van der Waals surface area contributed by atoms with Crippen molar-refractivity contribution in [2.24, 2.45) is 0 Å². The van der Waals surface area contributed by atoms with Crippen molar-refractivity contribution in [3.63, 3.8) is 0 Å². The molecule has 0 unspecified atom stereocenters. The number of hydrogen-bond acceptors (Lipinski definition) is 7. The van der Waals surface area contributed by atoms with Gasteiger partial charge in [-0.25, -0.2) is 4.79 Å². The van der Waals surface area contributed by atoms with Gasteiger partial charge >= 0.3 is 12.0 Å². The second-order valence-electron chi connectivity index (χ2n) is 6.32. The molecule has 4 amide bonds. The van der Waals surface area contributed by atoms with E-state index in [9.17, 15) is 19.2 Å². The third kappa shape index (κ3) is 3.77. The number of amides is 4. The molecule has 2 N–H and O–H groups in total. The lowest BCUT2D eigenvalue weighted by Crippen LogP contribution is -2.47. The van der Waals surface area contributed by atoms with E-state index in [0.29, 0.717) is 17.9 Å². The van der Waals surface area contributed by atoms with Crippen LogP contribution in [-0.4, -0.2) is 68.7 Å². The Bertz CT molecular complexity index is 797. The number of ether oxygens (including phenoxy) is 3. The van der Waals surface area contributed by atoms with Crippen LogP contribution in [0.1, 0.15) is 12.0 Å². The maximum Gasteiger partial charge on any atom is 0.326 e. The zero-order valence-corrected chi connectivity index (χ0v) is 15.4. The van der Waals surface area contributed by atoms with Crippen molar-refractivity contribution >= 4 is 23.8 Å². The molecule has 1 saturated heterocycles. The molecular weight excluding hydrogens is 370 g/mol. The molecule has 3 rings (SSSR count). The van der Waals surface area contributed by atoms with E-state index in [1.807, 2.05) is 0 Å². The van der Waals surface area contributed by atoms with Crippen LogP contribution in [0.4, 0.5) is 4.79 Å². The first-order valence-corrected chi connectivity index (χ1v) is 8.75. The smallest absolute Gasteiger partial charge is 0.326 e. The van der Waals surface area contributed by atoms with Gasteiger partial charge in [0, 0.05) is 25.6 Å². The molecule has 10 heteroatoms. The SMILES string of the molecule is COCCNC(=O)COC(=O)CN1C(=O)N[C@]2(CCOc3ccccc32)C1=O. The van der Waals surface area contributed by atoms with E-state index < -0.39 is 42.5 Å². The van der Waals surface area contributed by atoms with Crippen LogP contribution in [-0.2, 0) is 29.4 Å². The number of esters is 1. The van der Waals surface area contributed by atoms with Crippen molar-refractivity contribution in [3.05, 3.63) is 29.8 Å². The molecular formula is C18H21N3O7. The summed E-state index contributed by atoms with van der Waals surface area (Å²) < 4.78 is 15.2. The molecule has 28 heavy (non-hydrogen) atoms. The first kappa shape index (κ1) is 19.6. The van der Waals surface area contributed by atoms with Crippen LogP contribution >= 0.6 is 0 Å². The maximum absolute atomic E-state index is 13.0. The summed E-state index contributed by atoms with van der Waals surface area (Å²) >= 11 is 0. The molecule has 1 fully saturated rings. The monoisotopic (exact) mass is 391 g/mol. The molecule has 0 radical (unpaired) electrons. The minimum Gasteiger partial charge on any atom is -0.493 e. The Morgan fingerprint density at radius 1 is 1.32 bits per heavy atom. The van der Waals surface area contributed by atoms with Gasteiger partial charge in [-0.2, -0.15) is 0 Å². The van der Waals surface area contributed by atoms with Crippen molar-refractivity contribution in [2.75, 3.05) is 40.0 Å². The number of para-hydroxylation sites is 1. The second-order valence-corrected chi connectivity index (χ2v) is 6.32. The average Bonchev–Trinajstić information content (AvgIpc) is 2.92. The maximum atomic E-state index is 13.0. The number of hydrogen-bond donors (Lipinski definition) is 2. The van der Waals surface area contributed by atoms with E-state index in [-0.39, 0.29) is 19.6 Å². The quantitative estimate of drug-likeness (QED) is 0.366. The Hall–Kier alpha value is -3.14. The fourth-order valence-electron chi connectivity index (χ4n) is 3.18. The van der Waals surface area contributed by atoms with Gasteiger partial charge in [0.25, 0.3) is 11.8 Å². The number of fused-ring (bicyclic) bond motifs is 2. The summed E-state index contributed by atoms with van der Waals surface area (Å²) in [7, 11) is 1.49. The Labute approximate surface area is 161 Å². The van der Waals surface area contributed by atoms with Gasteiger partial charge < -0.3 is 24.8 Å². The minimum atomic E-state index is -1.26. The van der Waals surface area contributed by atoms with Gasteiger partial charge in [-0.3, -0.25) is 19.3 Å². The molecule has 2 aliphatic rings. The molecule has 1 atom stereocenters. The molecule has 0 aromatic heterocycles. The Kier molecular flexibility index (Phi) is 5.78. The lowest BCUT2D eigenvalue weighted by atomic mass is 9.84. The fraction of sp³-hybridized carbons (Fsp3) is 0.444. The molecule has 1 aromatic rings. The first-order chi connectivity index (χ1) is 13.5. The summed E-state index contributed by atoms with van der Waals surface area (Å²) in [5.74, 6) is -1.39. The highest BCUT2D eigenvalue weighted by molar-refractivity contribution is 6.09. The molecule has 2 heterocycles. The van der Waals surface area contributed by atoms with Crippen LogP contribution in [0.25, 0.3) is 0 Å². The number of carbonyl (C=O) groups excluding carboxylic acids is 4. The number of benzene rings is 1. The number of carbonyl (C=O) groups is 4. The first-order valence-electron chi connectivity index (χ1n) is 8.75. The predicted octanol–water partition coefficient (Wildman–Crippen LogP) is -0.478. The van der Waals surface area contributed by atoms with Crippen molar-refractivity contribution in [1.29, 1.82) is 0 Å². The fourth-order valence-corrected chi connectivity index (χ4v) is 3.18. The summed E-state index contributed by atoms with van der Waals surface area (Å²) in [5.41, 5.74) is -0.711. The van der Waals surface area contributed by atoms with E-state index in [1.54, 1.807) is 24.3 Å². The lowest BCUT2D eigenvalue weighted by molar-refractivity contribution is -0.151. The molecule has 0 bridgehead atoms. The normalized spacial score (nSPS) is 20.4. The van der Waals surface area contributed by atoms with Crippen molar-refractivity contribution in [2.45, 2.75) is 12.0 Å². The van der Waals surface area contributed by atoms with E-state index >= 15 is 0 Å². The molecule has 150 valence electrons. The van der Waals surface area contributed by atoms with Crippen molar-refractivity contribution in [1.82, 2.24) is 15.5 Å². The predicted molar refractivity (Wildman–Crippen MR) is 94.3 cm³/mol. The van der Waals surface area contributed by atoms with Gasteiger partial charge in [-0.05, 0) is 6.07 Å². The summed E-state index contributed by atoms with van der Waals surface area (Å²) in [6.45, 7) is -0.225. The number of nitrogens with one attached hydrogen (secondary N) is 2. The van der Waals surface area contributed by atoms with Gasteiger partial charge in [0.1, 0.15) is 12.3 Å². The molecule has 10 nitrogen and oxygen atoms in total. The summed E-state index contributed by atoms with van der Waals surface area (Å²) in [6, 6.07) is 6.25. The van der Waals surface area contributed by atoms with Gasteiger partial charge in [0.15, 0.2) is 12.1 Å². The van der Waals surface area contributed by atoms with Crippen LogP contribution in [0.2, 0.25) is 0 Å². The Morgan fingerprint density at radius 3 is 2.89 bits per heavy atom. The highest BCUT2D eigenvalue weighted by atomic mass is 16.5. The standard InChI is InChI=1S/C18H21N3O7/c1-26-9-7-19-14(22)11-28-15(23)10-21-16(24)18(20-17(21)25)6-8-27-13-5-3-2-4-12(13)18/h2-5H,6-11H2,1H3,(H,19,22)(H,20,25)/t18-/m0/s1. The summed E-state index contributed by atoms with van der Waals surface area (Å²) in [6.07, 6.45) is 0.252. The van der Waals surface area contributed by atoms with Gasteiger partial charge in [0.2, 0.25) is 0 Å². The van der Waals surface area contributed by atoms with Gasteiger partial charge in [-0.15, -0.1) is 0 Å². The number of imide groups is 1. The third-order valence-electron chi connectivity index (χ3n) is 4.54. The third-order valence-corrected chi connectivity index (χ3v) is 4.54. The zero-order valence-electron chi connectivity index (χ0n) is 15.4. The van der Waals surface area contributed by atoms with Crippen LogP contribution in [0.3, 0.4) is 0 Å². The zero-order chi connectivity index (χ0) is 20.1. The molecule has 0 saturated carbocycles.